The first-order valence-corrected chi connectivity index (χ1v) is 9.16. The van der Waals surface area contributed by atoms with Gasteiger partial charge in [-0.2, -0.15) is 0 Å². The second kappa shape index (κ2) is 10.8. The molecule has 1 aromatic heterocycles. The predicted octanol–water partition coefficient (Wildman–Crippen LogP) is 3.76. The molecule has 0 saturated heterocycles. The SMILES string of the molecule is CC(C)[C@H](O)CC(=C=CC[C@@H](O)c1ccc(CO)o1)COc1ccccc1. The van der Waals surface area contributed by atoms with Crippen molar-refractivity contribution in [3.8, 4) is 5.75 Å². The van der Waals surface area contributed by atoms with Crippen LogP contribution in [0.4, 0.5) is 0 Å². The zero-order valence-corrected chi connectivity index (χ0v) is 15.8. The number of aliphatic hydroxyl groups is 3. The van der Waals surface area contributed by atoms with Gasteiger partial charge in [0.25, 0.3) is 0 Å². The van der Waals surface area contributed by atoms with Gasteiger partial charge in [0.15, 0.2) is 0 Å². The highest BCUT2D eigenvalue weighted by Crippen LogP contribution is 2.20. The highest BCUT2D eigenvalue weighted by molar-refractivity contribution is 5.22. The van der Waals surface area contributed by atoms with Crippen molar-refractivity contribution < 1.29 is 24.5 Å². The standard InChI is InChI=1S/C22H28O5/c1-16(2)21(25)13-17(15-26-18-8-4-3-5-9-18)7-6-10-20(24)22-12-11-19(14-23)27-22/h3-6,8-9,11-12,16,20-21,23-25H,10,13-15H2,1-2H3/t7?,20-,21-/m1/s1. The Hall–Kier alpha value is -2.30. The van der Waals surface area contributed by atoms with Crippen LogP contribution in [0.15, 0.2) is 64.3 Å². The van der Waals surface area contributed by atoms with E-state index in [9.17, 15) is 10.2 Å². The van der Waals surface area contributed by atoms with Crippen molar-refractivity contribution >= 4 is 0 Å². The molecule has 0 saturated carbocycles. The molecule has 2 rings (SSSR count). The smallest absolute Gasteiger partial charge is 0.133 e. The second-order valence-corrected chi connectivity index (χ2v) is 6.78. The molecule has 1 heterocycles. The lowest BCUT2D eigenvalue weighted by Gasteiger charge is -2.16. The molecule has 0 fully saturated rings. The van der Waals surface area contributed by atoms with E-state index in [1.165, 1.54) is 0 Å². The molecule has 2 atom stereocenters. The van der Waals surface area contributed by atoms with Crippen LogP contribution in [0.25, 0.3) is 0 Å². The number of hydrogen-bond acceptors (Lipinski definition) is 5. The molecular formula is C22H28O5. The summed E-state index contributed by atoms with van der Waals surface area (Å²) in [5.74, 6) is 1.70. The van der Waals surface area contributed by atoms with Crippen molar-refractivity contribution in [1.29, 1.82) is 0 Å². The molecule has 0 spiro atoms. The molecule has 0 amide bonds. The van der Waals surface area contributed by atoms with Crippen LogP contribution in [0, 0.1) is 5.92 Å². The largest absolute Gasteiger partial charge is 0.489 e. The Morgan fingerprint density at radius 2 is 1.89 bits per heavy atom. The summed E-state index contributed by atoms with van der Waals surface area (Å²) in [7, 11) is 0. The topological polar surface area (TPSA) is 83.1 Å². The van der Waals surface area contributed by atoms with E-state index in [-0.39, 0.29) is 12.5 Å². The first-order valence-electron chi connectivity index (χ1n) is 9.16. The molecule has 146 valence electrons. The van der Waals surface area contributed by atoms with Gasteiger partial charge in [0, 0.05) is 18.4 Å². The van der Waals surface area contributed by atoms with Crippen molar-refractivity contribution in [1.82, 2.24) is 0 Å². The third-order valence-corrected chi connectivity index (χ3v) is 4.20. The van der Waals surface area contributed by atoms with Crippen molar-refractivity contribution in [2.75, 3.05) is 6.61 Å². The van der Waals surface area contributed by atoms with E-state index < -0.39 is 12.2 Å². The fraction of sp³-hybridized carbons (Fsp3) is 0.409. The highest BCUT2D eigenvalue weighted by atomic mass is 16.5. The van der Waals surface area contributed by atoms with E-state index in [4.69, 9.17) is 14.3 Å². The van der Waals surface area contributed by atoms with Crippen molar-refractivity contribution in [2.24, 2.45) is 5.92 Å². The normalized spacial score (nSPS) is 13.1. The predicted molar refractivity (Wildman–Crippen MR) is 103 cm³/mol. The third-order valence-electron chi connectivity index (χ3n) is 4.20. The van der Waals surface area contributed by atoms with Crippen LogP contribution in [-0.4, -0.2) is 28.0 Å². The second-order valence-electron chi connectivity index (χ2n) is 6.78. The molecule has 5 nitrogen and oxygen atoms in total. The van der Waals surface area contributed by atoms with Gasteiger partial charge in [-0.15, -0.1) is 5.73 Å². The van der Waals surface area contributed by atoms with Crippen LogP contribution in [0.3, 0.4) is 0 Å². The van der Waals surface area contributed by atoms with E-state index in [1.54, 1.807) is 18.2 Å². The third kappa shape index (κ3) is 7.08. The van der Waals surface area contributed by atoms with Gasteiger partial charge in [-0.05, 0) is 36.3 Å². The van der Waals surface area contributed by atoms with E-state index in [0.29, 0.717) is 31.0 Å². The minimum atomic E-state index is -0.816. The number of rotatable bonds is 10. The lowest BCUT2D eigenvalue weighted by atomic mass is 10.00. The van der Waals surface area contributed by atoms with Crippen LogP contribution >= 0.6 is 0 Å². The maximum absolute atomic E-state index is 10.2. The molecule has 2 aromatic rings. The Balaban J connectivity index is 2.04. The molecule has 0 aliphatic heterocycles. The quantitative estimate of drug-likeness (QED) is 0.553. The lowest BCUT2D eigenvalue weighted by Crippen LogP contribution is -2.17. The molecule has 0 aliphatic carbocycles. The monoisotopic (exact) mass is 372 g/mol. The Labute approximate surface area is 160 Å². The Morgan fingerprint density at radius 3 is 2.52 bits per heavy atom. The highest BCUT2D eigenvalue weighted by Gasteiger charge is 2.13. The number of furan rings is 1. The molecule has 3 N–H and O–H groups in total. The van der Waals surface area contributed by atoms with Gasteiger partial charge in [0.05, 0.1) is 6.10 Å². The van der Waals surface area contributed by atoms with Crippen LogP contribution < -0.4 is 4.74 Å². The van der Waals surface area contributed by atoms with E-state index in [2.05, 4.69) is 5.73 Å². The zero-order valence-electron chi connectivity index (χ0n) is 15.8. The van der Waals surface area contributed by atoms with Crippen LogP contribution in [-0.2, 0) is 6.61 Å². The number of para-hydroxylation sites is 1. The van der Waals surface area contributed by atoms with E-state index in [1.807, 2.05) is 44.2 Å². The van der Waals surface area contributed by atoms with Gasteiger partial charge >= 0.3 is 0 Å². The Morgan fingerprint density at radius 1 is 1.15 bits per heavy atom. The molecule has 5 heteroatoms. The van der Waals surface area contributed by atoms with Gasteiger partial charge in [-0.25, -0.2) is 0 Å². The van der Waals surface area contributed by atoms with E-state index >= 15 is 0 Å². The van der Waals surface area contributed by atoms with Crippen molar-refractivity contribution in [3.63, 3.8) is 0 Å². The van der Waals surface area contributed by atoms with Gasteiger partial charge in [-0.3, -0.25) is 0 Å². The lowest BCUT2D eigenvalue weighted by molar-refractivity contribution is 0.122. The number of benzene rings is 1. The van der Waals surface area contributed by atoms with Crippen LogP contribution in [0.2, 0.25) is 0 Å². The summed E-state index contributed by atoms with van der Waals surface area (Å²) in [6.45, 7) is 4.04. The summed E-state index contributed by atoms with van der Waals surface area (Å²) in [5, 5.41) is 29.4. The molecule has 27 heavy (non-hydrogen) atoms. The Bertz CT molecular complexity index is 741. The van der Waals surface area contributed by atoms with Gasteiger partial charge in [0.2, 0.25) is 0 Å². The van der Waals surface area contributed by atoms with Crippen molar-refractivity contribution in [3.05, 3.63) is 71.4 Å². The summed E-state index contributed by atoms with van der Waals surface area (Å²) in [5.41, 5.74) is 3.97. The Kier molecular flexibility index (Phi) is 8.37. The van der Waals surface area contributed by atoms with Gasteiger partial charge in [-0.1, -0.05) is 32.0 Å². The van der Waals surface area contributed by atoms with Crippen LogP contribution in [0.5, 0.6) is 5.75 Å². The number of ether oxygens (including phenoxy) is 1. The average Bonchev–Trinajstić information content (AvgIpc) is 3.16. The summed E-state index contributed by atoms with van der Waals surface area (Å²) in [4.78, 5) is 0. The molecule has 0 radical (unpaired) electrons. The zero-order chi connectivity index (χ0) is 19.6. The fourth-order valence-corrected chi connectivity index (χ4v) is 2.42. The van der Waals surface area contributed by atoms with Gasteiger partial charge < -0.3 is 24.5 Å². The summed E-state index contributed by atoms with van der Waals surface area (Å²) >= 11 is 0. The minimum Gasteiger partial charge on any atom is -0.489 e. The number of hydrogen-bond donors (Lipinski definition) is 3. The maximum atomic E-state index is 10.2. The average molecular weight is 372 g/mol. The van der Waals surface area contributed by atoms with Crippen molar-refractivity contribution in [2.45, 2.75) is 45.5 Å². The van der Waals surface area contributed by atoms with E-state index in [0.717, 1.165) is 11.3 Å². The first-order chi connectivity index (χ1) is 13.0. The van der Waals surface area contributed by atoms with Gasteiger partial charge in [0.1, 0.15) is 36.6 Å². The number of aliphatic hydroxyl groups excluding tert-OH is 3. The summed E-state index contributed by atoms with van der Waals surface area (Å²) < 4.78 is 11.1. The van der Waals surface area contributed by atoms with Crippen LogP contribution in [0.1, 0.15) is 44.3 Å². The molecule has 0 aliphatic rings. The molecule has 0 bridgehead atoms. The molecule has 0 unspecified atom stereocenters. The minimum absolute atomic E-state index is 0.129. The fourth-order valence-electron chi connectivity index (χ4n) is 2.42. The summed E-state index contributed by atoms with van der Waals surface area (Å²) in [6.07, 6.45) is 1.19. The molecular weight excluding hydrogens is 344 g/mol. The molecule has 1 aromatic carbocycles. The first kappa shape index (κ1) is 21.0. The summed E-state index contributed by atoms with van der Waals surface area (Å²) in [6, 6.07) is 12.8. The maximum Gasteiger partial charge on any atom is 0.133 e.